The van der Waals surface area contributed by atoms with Gasteiger partial charge in [0.2, 0.25) is 0 Å². The lowest BCUT2D eigenvalue weighted by atomic mass is 9.75. The third kappa shape index (κ3) is 3.81. The van der Waals surface area contributed by atoms with Crippen LogP contribution in [0.15, 0.2) is 20.8 Å². The van der Waals surface area contributed by atoms with E-state index in [1.807, 2.05) is 0 Å². The Labute approximate surface area is 135 Å². The fraction of sp³-hybridized carbons (Fsp3) is 0.667. The number of hydrogen-bond donors (Lipinski definition) is 0. The van der Waals surface area contributed by atoms with Crippen LogP contribution >= 0.6 is 8.24 Å². The van der Waals surface area contributed by atoms with Crippen LogP contribution in [0.4, 0.5) is 0 Å². The van der Waals surface area contributed by atoms with Gasteiger partial charge in [0.1, 0.15) is 5.75 Å². The maximum absolute atomic E-state index is 6.03. The van der Waals surface area contributed by atoms with E-state index in [2.05, 4.69) is 74.4 Å². The van der Waals surface area contributed by atoms with Crippen molar-refractivity contribution >= 4 is 8.24 Å². The maximum Gasteiger partial charge on any atom is 0.529 e. The first-order valence-corrected chi connectivity index (χ1v) is 8.92. The van der Waals surface area contributed by atoms with Crippen LogP contribution in [0.3, 0.4) is 0 Å². The predicted octanol–water partition coefficient (Wildman–Crippen LogP) is 6.59. The van der Waals surface area contributed by atoms with E-state index in [0.717, 1.165) is 5.75 Å². The van der Waals surface area contributed by atoms with Crippen molar-refractivity contribution < 1.29 is 13.2 Å². The van der Waals surface area contributed by atoms with Gasteiger partial charge in [0, 0.05) is 11.1 Å². The van der Waals surface area contributed by atoms with Gasteiger partial charge in [-0.15, -0.1) is 0 Å². The molecule has 0 saturated carbocycles. The SMILES string of the molecule is CC(C)(C)c1cc(C(C)(C)C)c(Op2oo2)c(C(C)(C)C)c1. The second-order valence-corrected chi connectivity index (χ2v) is 10.0. The highest BCUT2D eigenvalue weighted by molar-refractivity contribution is 7.34. The molecule has 1 heterocycles. The Morgan fingerprint density at radius 2 is 1.14 bits per heavy atom. The first kappa shape index (κ1) is 17.3. The van der Waals surface area contributed by atoms with E-state index in [9.17, 15) is 0 Å². The van der Waals surface area contributed by atoms with Gasteiger partial charge in [-0.2, -0.15) is 8.71 Å². The highest BCUT2D eigenvalue weighted by Gasteiger charge is 2.32. The lowest BCUT2D eigenvalue weighted by Gasteiger charge is -2.31. The van der Waals surface area contributed by atoms with Crippen molar-refractivity contribution in [3.63, 3.8) is 0 Å². The van der Waals surface area contributed by atoms with Crippen LogP contribution in [0.25, 0.3) is 0 Å². The molecule has 1 aromatic carbocycles. The molecule has 0 atom stereocenters. The summed E-state index contributed by atoms with van der Waals surface area (Å²) in [6.07, 6.45) is 0. The summed E-state index contributed by atoms with van der Waals surface area (Å²) in [5, 5.41) is 0. The van der Waals surface area contributed by atoms with Crippen LogP contribution in [0, 0.1) is 0 Å². The normalized spacial score (nSPS) is 13.7. The Kier molecular flexibility index (Phi) is 4.11. The van der Waals surface area contributed by atoms with E-state index in [1.54, 1.807) is 0 Å². The van der Waals surface area contributed by atoms with E-state index in [4.69, 9.17) is 13.2 Å². The average molecular weight is 324 g/mol. The zero-order chi connectivity index (χ0) is 16.9. The minimum atomic E-state index is -1.19. The summed E-state index contributed by atoms with van der Waals surface area (Å²) in [5.41, 5.74) is 3.83. The molecule has 124 valence electrons. The molecular weight excluding hydrogens is 295 g/mol. The molecule has 0 aliphatic rings. The Balaban J connectivity index is 2.75. The fourth-order valence-electron chi connectivity index (χ4n) is 2.39. The molecule has 0 aliphatic heterocycles. The number of rotatable bonds is 2. The summed E-state index contributed by atoms with van der Waals surface area (Å²) in [5.74, 6) is 0.927. The summed E-state index contributed by atoms with van der Waals surface area (Å²) in [4.78, 5) is 0. The van der Waals surface area contributed by atoms with Crippen molar-refractivity contribution in [2.75, 3.05) is 0 Å². The van der Waals surface area contributed by atoms with Crippen molar-refractivity contribution in [3.05, 3.63) is 28.8 Å². The molecular formula is C18H29O3P. The molecule has 3 nitrogen and oxygen atoms in total. The van der Waals surface area contributed by atoms with Gasteiger partial charge in [0.25, 0.3) is 0 Å². The molecule has 0 radical (unpaired) electrons. The van der Waals surface area contributed by atoms with Gasteiger partial charge in [-0.25, -0.2) is 0 Å². The summed E-state index contributed by atoms with van der Waals surface area (Å²) >= 11 is 0. The smallest absolute Gasteiger partial charge is 0.386 e. The standard InChI is InChI=1S/C18H29O3P/c1-16(2,3)12-10-13(17(4,5)6)15(19-22-20-21-22)14(11-12)18(7,8)9/h10-11H,1-9H3. The average Bonchev–Trinajstić information content (AvgIpc) is 3.08. The lowest BCUT2D eigenvalue weighted by molar-refractivity contribution is 0.264. The zero-order valence-electron chi connectivity index (χ0n) is 15.3. The minimum Gasteiger partial charge on any atom is -0.386 e. The van der Waals surface area contributed by atoms with Gasteiger partial charge in [0.15, 0.2) is 0 Å². The van der Waals surface area contributed by atoms with Crippen LogP contribution in [0.1, 0.15) is 79.0 Å². The molecule has 0 amide bonds. The molecule has 1 aromatic heterocycles. The van der Waals surface area contributed by atoms with Crippen LogP contribution in [-0.4, -0.2) is 0 Å². The molecule has 0 saturated heterocycles. The molecule has 2 rings (SSSR count). The highest BCUT2D eigenvalue weighted by Crippen LogP contribution is 2.48. The molecule has 0 spiro atoms. The van der Waals surface area contributed by atoms with Gasteiger partial charge < -0.3 is 4.52 Å². The summed E-state index contributed by atoms with van der Waals surface area (Å²) < 4.78 is 15.8. The maximum atomic E-state index is 6.03. The third-order valence-electron chi connectivity index (χ3n) is 3.87. The molecule has 0 aliphatic carbocycles. The molecule has 2 aromatic rings. The minimum absolute atomic E-state index is 0.0120. The van der Waals surface area contributed by atoms with Crippen molar-refractivity contribution in [3.8, 4) is 5.75 Å². The van der Waals surface area contributed by atoms with E-state index in [-0.39, 0.29) is 16.2 Å². The lowest BCUT2D eigenvalue weighted by Crippen LogP contribution is -2.22. The molecule has 4 heteroatoms. The zero-order valence-corrected chi connectivity index (χ0v) is 16.2. The van der Waals surface area contributed by atoms with Crippen LogP contribution < -0.4 is 4.52 Å². The third-order valence-corrected chi connectivity index (χ3v) is 4.47. The van der Waals surface area contributed by atoms with E-state index < -0.39 is 8.24 Å². The topological polar surface area (TPSA) is 35.5 Å². The first-order chi connectivity index (χ1) is 9.80. The Bertz CT molecular complexity index is 593. The fourth-order valence-corrected chi connectivity index (χ4v) is 2.91. The van der Waals surface area contributed by atoms with E-state index in [1.165, 1.54) is 16.7 Å². The molecule has 0 fully saturated rings. The summed E-state index contributed by atoms with van der Waals surface area (Å²) in [6, 6.07) is 4.56. The van der Waals surface area contributed by atoms with Crippen molar-refractivity contribution in [2.24, 2.45) is 0 Å². The van der Waals surface area contributed by atoms with E-state index in [0.29, 0.717) is 0 Å². The monoisotopic (exact) mass is 324 g/mol. The van der Waals surface area contributed by atoms with Crippen LogP contribution in [0.2, 0.25) is 0 Å². The summed E-state index contributed by atoms with van der Waals surface area (Å²) in [6.45, 7) is 20.1. The second kappa shape index (κ2) is 5.23. The predicted molar refractivity (Wildman–Crippen MR) is 92.3 cm³/mol. The van der Waals surface area contributed by atoms with Crippen molar-refractivity contribution in [1.29, 1.82) is 0 Å². The largest absolute Gasteiger partial charge is 0.529 e. The molecule has 22 heavy (non-hydrogen) atoms. The van der Waals surface area contributed by atoms with Gasteiger partial charge in [-0.3, -0.25) is 0 Å². The van der Waals surface area contributed by atoms with Gasteiger partial charge in [-0.05, 0) is 21.8 Å². The van der Waals surface area contributed by atoms with Crippen LogP contribution in [0.5, 0.6) is 5.75 Å². The molecule has 0 bridgehead atoms. The van der Waals surface area contributed by atoms with Gasteiger partial charge >= 0.3 is 8.24 Å². The highest BCUT2D eigenvalue weighted by atomic mass is 31.1. The first-order valence-electron chi connectivity index (χ1n) is 7.82. The number of hydrogen-bond acceptors (Lipinski definition) is 3. The Hall–Kier alpha value is -1.08. The van der Waals surface area contributed by atoms with E-state index >= 15 is 0 Å². The quantitative estimate of drug-likeness (QED) is 0.584. The van der Waals surface area contributed by atoms with Crippen LogP contribution in [-0.2, 0) is 16.2 Å². The summed E-state index contributed by atoms with van der Waals surface area (Å²) in [7, 11) is -1.19. The van der Waals surface area contributed by atoms with Gasteiger partial charge in [-0.1, -0.05) is 74.4 Å². The second-order valence-electron chi connectivity index (χ2n) is 9.11. The molecule has 0 unspecified atom stereocenters. The van der Waals surface area contributed by atoms with Crippen molar-refractivity contribution in [1.82, 2.24) is 0 Å². The van der Waals surface area contributed by atoms with Gasteiger partial charge in [0.05, 0.1) is 0 Å². The Morgan fingerprint density at radius 1 is 0.727 bits per heavy atom. The number of benzene rings is 1. The molecule has 0 N–H and O–H groups in total. The van der Waals surface area contributed by atoms with Crippen molar-refractivity contribution in [2.45, 2.75) is 78.6 Å². The Morgan fingerprint density at radius 3 is 1.41 bits per heavy atom.